The lowest BCUT2D eigenvalue weighted by atomic mass is 9.95. The van der Waals surface area contributed by atoms with E-state index in [2.05, 4.69) is 5.32 Å². The number of aryl methyl sites for hydroxylation is 1. The number of amides is 1. The third-order valence-corrected chi connectivity index (χ3v) is 5.56. The number of carbonyl (C=O) groups is 2. The monoisotopic (exact) mass is 383 g/mol. The number of anilines is 1. The van der Waals surface area contributed by atoms with E-state index in [1.165, 1.54) is 30.6 Å². The summed E-state index contributed by atoms with van der Waals surface area (Å²) in [5.74, 6) is -0.781. The van der Waals surface area contributed by atoms with Crippen LogP contribution in [0, 0.1) is 0 Å². The van der Waals surface area contributed by atoms with E-state index in [-0.39, 0.29) is 5.91 Å². The van der Waals surface area contributed by atoms with Gasteiger partial charge in [-0.2, -0.15) is 0 Å². The predicted molar refractivity (Wildman–Crippen MR) is 96.7 cm³/mol. The van der Waals surface area contributed by atoms with Crippen molar-refractivity contribution in [3.05, 3.63) is 49.8 Å². The first-order valence-corrected chi connectivity index (χ1v) is 9.07. The highest BCUT2D eigenvalue weighted by molar-refractivity contribution is 7.17. The van der Waals surface area contributed by atoms with Crippen LogP contribution in [0.15, 0.2) is 18.2 Å². The van der Waals surface area contributed by atoms with Crippen molar-refractivity contribution in [3.8, 4) is 0 Å². The second-order valence-corrected chi connectivity index (χ2v) is 7.50. The van der Waals surface area contributed by atoms with Gasteiger partial charge in [-0.15, -0.1) is 11.3 Å². The molecule has 1 aliphatic carbocycles. The van der Waals surface area contributed by atoms with Crippen molar-refractivity contribution < 1.29 is 14.3 Å². The summed E-state index contributed by atoms with van der Waals surface area (Å²) < 4.78 is 4.90. The number of halogens is 2. The normalized spacial score (nSPS) is 13.3. The van der Waals surface area contributed by atoms with Crippen molar-refractivity contribution >= 4 is 51.4 Å². The van der Waals surface area contributed by atoms with E-state index in [0.29, 0.717) is 26.2 Å². The number of esters is 1. The zero-order valence-corrected chi connectivity index (χ0v) is 15.3. The Kier molecular flexibility index (Phi) is 5.13. The SMILES string of the molecule is COC(=O)c1c(NC(=O)c2cc(Cl)cc(Cl)c2)sc2c1CCCC2. The Bertz CT molecular complexity index is 796. The first kappa shape index (κ1) is 17.3. The summed E-state index contributed by atoms with van der Waals surface area (Å²) in [7, 11) is 1.34. The maximum absolute atomic E-state index is 12.5. The van der Waals surface area contributed by atoms with Gasteiger partial charge in [0.2, 0.25) is 0 Å². The van der Waals surface area contributed by atoms with Crippen LogP contribution in [0.2, 0.25) is 10.0 Å². The van der Waals surface area contributed by atoms with Gasteiger partial charge in [0, 0.05) is 20.5 Å². The van der Waals surface area contributed by atoms with E-state index < -0.39 is 5.97 Å². The summed E-state index contributed by atoms with van der Waals surface area (Å²) in [6.07, 6.45) is 3.87. The maximum Gasteiger partial charge on any atom is 0.341 e. The smallest absolute Gasteiger partial charge is 0.341 e. The van der Waals surface area contributed by atoms with Crippen LogP contribution in [0.25, 0.3) is 0 Å². The molecule has 126 valence electrons. The molecule has 0 bridgehead atoms. The number of fused-ring (bicyclic) bond motifs is 1. The molecule has 0 saturated heterocycles. The van der Waals surface area contributed by atoms with Crippen LogP contribution in [0.5, 0.6) is 0 Å². The fraction of sp³-hybridized carbons (Fsp3) is 0.294. The van der Waals surface area contributed by atoms with Crippen LogP contribution in [-0.2, 0) is 17.6 Å². The van der Waals surface area contributed by atoms with E-state index in [4.69, 9.17) is 27.9 Å². The zero-order chi connectivity index (χ0) is 17.3. The van der Waals surface area contributed by atoms with Crippen LogP contribution in [0.1, 0.15) is 44.0 Å². The number of benzene rings is 1. The van der Waals surface area contributed by atoms with E-state index in [9.17, 15) is 9.59 Å². The molecule has 1 amide bonds. The Morgan fingerprint density at radius 1 is 1.12 bits per heavy atom. The number of hydrogen-bond acceptors (Lipinski definition) is 4. The molecular weight excluding hydrogens is 369 g/mol. The van der Waals surface area contributed by atoms with Gasteiger partial charge in [-0.1, -0.05) is 23.2 Å². The Balaban J connectivity index is 1.95. The van der Waals surface area contributed by atoms with Gasteiger partial charge in [-0.05, 0) is 49.4 Å². The lowest BCUT2D eigenvalue weighted by Gasteiger charge is -2.11. The fourth-order valence-corrected chi connectivity index (χ4v) is 4.63. The molecule has 2 aromatic rings. The zero-order valence-electron chi connectivity index (χ0n) is 12.9. The standard InChI is InChI=1S/C17H15Cl2NO3S/c1-23-17(22)14-12-4-2-3-5-13(12)24-16(14)20-15(21)9-6-10(18)8-11(19)7-9/h6-8H,2-5H2,1H3,(H,20,21). The van der Waals surface area contributed by atoms with Gasteiger partial charge in [0.1, 0.15) is 5.00 Å². The highest BCUT2D eigenvalue weighted by atomic mass is 35.5. The molecule has 0 aliphatic heterocycles. The van der Waals surface area contributed by atoms with Crippen molar-refractivity contribution in [2.75, 3.05) is 12.4 Å². The van der Waals surface area contributed by atoms with Gasteiger partial charge in [0.05, 0.1) is 12.7 Å². The summed E-state index contributed by atoms with van der Waals surface area (Å²) in [5, 5.41) is 4.10. The van der Waals surface area contributed by atoms with Gasteiger partial charge < -0.3 is 10.1 Å². The van der Waals surface area contributed by atoms with E-state index in [0.717, 1.165) is 36.1 Å². The van der Waals surface area contributed by atoms with Crippen molar-refractivity contribution in [3.63, 3.8) is 0 Å². The minimum atomic E-state index is -0.422. The van der Waals surface area contributed by atoms with Gasteiger partial charge in [0.25, 0.3) is 5.91 Å². The van der Waals surface area contributed by atoms with Crippen LogP contribution < -0.4 is 5.32 Å². The van der Waals surface area contributed by atoms with Crippen LogP contribution >= 0.6 is 34.5 Å². The lowest BCUT2D eigenvalue weighted by Crippen LogP contribution is -2.15. The summed E-state index contributed by atoms with van der Waals surface area (Å²) >= 11 is 13.3. The molecule has 1 heterocycles. The molecule has 0 fully saturated rings. The number of rotatable bonds is 3. The van der Waals surface area contributed by atoms with E-state index >= 15 is 0 Å². The summed E-state index contributed by atoms with van der Waals surface area (Å²) in [6, 6.07) is 4.63. The average Bonchev–Trinajstić information content (AvgIpc) is 2.91. The highest BCUT2D eigenvalue weighted by Crippen LogP contribution is 2.38. The number of hydrogen-bond donors (Lipinski definition) is 1. The summed E-state index contributed by atoms with van der Waals surface area (Å²) in [4.78, 5) is 25.8. The third-order valence-electron chi connectivity index (χ3n) is 3.91. The molecular formula is C17H15Cl2NO3S. The molecule has 0 radical (unpaired) electrons. The van der Waals surface area contributed by atoms with Crippen LogP contribution in [0.3, 0.4) is 0 Å². The molecule has 0 unspecified atom stereocenters. The van der Waals surface area contributed by atoms with Crippen molar-refractivity contribution in [2.24, 2.45) is 0 Å². The quantitative estimate of drug-likeness (QED) is 0.760. The lowest BCUT2D eigenvalue weighted by molar-refractivity contribution is 0.0601. The molecule has 4 nitrogen and oxygen atoms in total. The second-order valence-electron chi connectivity index (χ2n) is 5.52. The average molecular weight is 384 g/mol. The summed E-state index contributed by atoms with van der Waals surface area (Å²) in [6.45, 7) is 0. The molecule has 7 heteroatoms. The Labute approximate surface area is 153 Å². The van der Waals surface area contributed by atoms with Gasteiger partial charge >= 0.3 is 5.97 Å². The van der Waals surface area contributed by atoms with E-state index in [1.54, 1.807) is 6.07 Å². The Morgan fingerprint density at radius 3 is 2.46 bits per heavy atom. The second kappa shape index (κ2) is 7.13. The van der Waals surface area contributed by atoms with Crippen LogP contribution in [-0.4, -0.2) is 19.0 Å². The summed E-state index contributed by atoms with van der Waals surface area (Å²) in [5.41, 5.74) is 1.81. The molecule has 3 rings (SSSR count). The number of thiophene rings is 1. The molecule has 0 saturated carbocycles. The fourth-order valence-electron chi connectivity index (χ4n) is 2.83. The molecule has 1 aliphatic rings. The van der Waals surface area contributed by atoms with Crippen LogP contribution in [0.4, 0.5) is 5.00 Å². The van der Waals surface area contributed by atoms with Gasteiger partial charge in [0.15, 0.2) is 0 Å². The molecule has 1 aromatic carbocycles. The minimum absolute atomic E-state index is 0.342. The Hall–Kier alpha value is -1.56. The Morgan fingerprint density at radius 2 is 1.79 bits per heavy atom. The first-order chi connectivity index (χ1) is 11.5. The number of ether oxygens (including phenoxy) is 1. The third kappa shape index (κ3) is 3.43. The maximum atomic E-state index is 12.5. The van der Waals surface area contributed by atoms with Gasteiger partial charge in [-0.3, -0.25) is 4.79 Å². The number of methoxy groups -OCH3 is 1. The molecule has 1 N–H and O–H groups in total. The van der Waals surface area contributed by atoms with E-state index in [1.807, 2.05) is 0 Å². The molecule has 0 atom stereocenters. The first-order valence-electron chi connectivity index (χ1n) is 7.50. The minimum Gasteiger partial charge on any atom is -0.465 e. The highest BCUT2D eigenvalue weighted by Gasteiger charge is 2.27. The molecule has 1 aromatic heterocycles. The van der Waals surface area contributed by atoms with Gasteiger partial charge in [-0.25, -0.2) is 4.79 Å². The molecule has 24 heavy (non-hydrogen) atoms. The number of carbonyl (C=O) groups excluding carboxylic acids is 2. The van der Waals surface area contributed by atoms with Crippen molar-refractivity contribution in [2.45, 2.75) is 25.7 Å². The number of nitrogens with one attached hydrogen (secondary N) is 1. The largest absolute Gasteiger partial charge is 0.465 e. The van der Waals surface area contributed by atoms with Crippen molar-refractivity contribution in [1.29, 1.82) is 0 Å². The van der Waals surface area contributed by atoms with Crippen molar-refractivity contribution in [1.82, 2.24) is 0 Å². The predicted octanol–water partition coefficient (Wildman–Crippen LogP) is 4.97. The topological polar surface area (TPSA) is 55.4 Å². The molecule has 0 spiro atoms.